The first-order valence-electron chi connectivity index (χ1n) is 53.7. The van der Waals surface area contributed by atoms with Crippen LogP contribution in [0.5, 0.6) is 0 Å². The number of aromatic amines is 6. The van der Waals surface area contributed by atoms with Crippen LogP contribution in [0.4, 0.5) is 0 Å². The number of aromatic nitrogens is 12. The van der Waals surface area contributed by atoms with Crippen LogP contribution in [0, 0.1) is 242 Å². The first-order chi connectivity index (χ1) is 59.3. The summed E-state index contributed by atoms with van der Waals surface area (Å²) in [5.41, 5.74) is 14.4. The minimum absolute atomic E-state index is 0. The van der Waals surface area contributed by atoms with Crippen LogP contribution in [0.1, 0.15) is 535 Å². The van der Waals surface area contributed by atoms with E-state index in [0.29, 0.717) is 0 Å². The number of nitrogens with zero attached hydrogens (tertiary/aromatic N) is 6. The smallest absolute Gasteiger partial charge is 0.358 e. The van der Waals surface area contributed by atoms with Crippen molar-refractivity contribution in [2.75, 3.05) is 0 Å². The molecule has 6 N–H and O–H groups in total. The molecule has 6 aliphatic rings. The van der Waals surface area contributed by atoms with E-state index in [2.05, 4.69) is 412 Å². The Bertz CT molecular complexity index is 3640. The number of nitrogens with one attached hydrogen (secondary N) is 6. The van der Waals surface area contributed by atoms with E-state index >= 15 is 0 Å². The van der Waals surface area contributed by atoms with Crippen molar-refractivity contribution < 1.29 is 112 Å². The normalized spacial score (nSPS) is 23.6. The zero-order valence-corrected chi connectivity index (χ0v) is 121. The van der Waals surface area contributed by atoms with Crippen LogP contribution in [0.25, 0.3) is 0 Å². The predicted molar refractivity (Wildman–Crippen MR) is 657 cm³/mol. The minimum atomic E-state index is 0. The third kappa shape index (κ3) is 59.3. The Balaban J connectivity index is -0.0000000788. The molecule has 149 heavy (non-hydrogen) atoms. The molecule has 0 atom stereocenters. The number of rotatable bonds is 6. The van der Waals surface area contributed by atoms with E-state index in [1.54, 1.807) is 0 Å². The average molecular weight is 2520 g/mol. The molecule has 0 unspecified atom stereocenters. The second-order valence-electron chi connectivity index (χ2n) is 53.0. The number of hydrogen-bond acceptors (Lipinski definition) is 6. The molecular formula is C131H262CoFeN12Ru4. The van der Waals surface area contributed by atoms with Crippen LogP contribution >= 0.6 is 0 Å². The molecule has 12 nitrogen and oxygen atoms in total. The summed E-state index contributed by atoms with van der Waals surface area (Å²) in [5, 5.41) is 0. The summed E-state index contributed by atoms with van der Waals surface area (Å²) >= 11 is 0. The Hall–Kier alpha value is -1.22. The van der Waals surface area contributed by atoms with Gasteiger partial charge in [0.15, 0.2) is 0 Å². The molecule has 6 aliphatic carbocycles. The van der Waals surface area contributed by atoms with Crippen LogP contribution < -0.4 is 0 Å². The quantitative estimate of drug-likeness (QED) is 0.0716. The molecule has 895 valence electrons. The summed E-state index contributed by atoms with van der Waals surface area (Å²) in [7, 11) is 0. The molecule has 1 radical (unpaired) electrons. The standard InChI is InChI=1S/C17H32N2.2C15H28N2.C10H18N2.4C10H20.2C6H10N2.2C5H10.12CH3.Co.Fe.4Ru/c1-10-16(6,7)12-13(17(8,9)11-2)19-14(18-12)15(3,4)5;2*1-13(2,3)10-11(14(4,5)6)17-12(16-10)15(7,8)9;1-6-8-7(2)11-9(12-8)10(3,4)5;4*1-6-7(2)9(4)10(5)8(6)3;1-4-5(2)8-6(3)7-4;1-3-6-7-4-5(2)8-6;2*1-2-4-5-3-1;;;;;;;;;;;;;;;;;;/h10-11H2,1-9H3,(H,18,19);2*1-9H3,(H,16,17);6H2,1-5H3,(H,11,12);4*6-10H,1-5H3;1-3H3,(H,7,8);4H,3H2,1-2H3,(H,7,8);2*1-5H2;12*1H3;;;;;;/q;;;;;;;;;;;;12*-1;6*+2. The summed E-state index contributed by atoms with van der Waals surface area (Å²) in [6.07, 6.45) is 21.1. The van der Waals surface area contributed by atoms with Gasteiger partial charge in [0.25, 0.3) is 0 Å². The largest absolute Gasteiger partial charge is 2.00 e. The van der Waals surface area contributed by atoms with Crippen molar-refractivity contribution in [2.45, 2.75) is 539 Å². The molecule has 18 heteroatoms. The van der Waals surface area contributed by atoms with Gasteiger partial charge >= 0.3 is 112 Å². The van der Waals surface area contributed by atoms with Crippen LogP contribution in [0.15, 0.2) is 6.20 Å². The first-order valence-corrected chi connectivity index (χ1v) is 53.7. The van der Waals surface area contributed by atoms with Crippen molar-refractivity contribution in [1.82, 2.24) is 59.8 Å². The first kappa shape index (κ1) is 189. The van der Waals surface area contributed by atoms with Gasteiger partial charge in [-0.3, -0.25) is 0 Å². The molecule has 0 amide bonds. The van der Waals surface area contributed by atoms with Gasteiger partial charge in [-0.15, -0.1) is 0 Å². The Labute approximate surface area is 1010 Å². The topological polar surface area (TPSA) is 172 Å². The molecule has 6 aromatic heterocycles. The molecule has 0 saturated heterocycles. The van der Waals surface area contributed by atoms with Crippen LogP contribution in [0.3, 0.4) is 0 Å². The van der Waals surface area contributed by atoms with Crippen LogP contribution in [-0.2, 0) is 179 Å². The summed E-state index contributed by atoms with van der Waals surface area (Å²) in [6, 6.07) is 0. The molecular weight excluding hydrogens is 2260 g/mol. The summed E-state index contributed by atoms with van der Waals surface area (Å²) < 4.78 is 0. The van der Waals surface area contributed by atoms with Gasteiger partial charge in [0, 0.05) is 101 Å². The van der Waals surface area contributed by atoms with E-state index in [0.717, 1.165) is 190 Å². The van der Waals surface area contributed by atoms with Crippen molar-refractivity contribution in [3.8, 4) is 0 Å². The Morgan fingerprint density at radius 3 is 0.570 bits per heavy atom. The second kappa shape index (κ2) is 80.6. The van der Waals surface area contributed by atoms with E-state index in [9.17, 15) is 0 Å². The van der Waals surface area contributed by atoms with E-state index in [4.69, 9.17) is 15.0 Å². The zero-order valence-electron chi connectivity index (χ0n) is 112. The van der Waals surface area contributed by atoms with Crippen molar-refractivity contribution >= 4 is 0 Å². The maximum Gasteiger partial charge on any atom is 2.00 e. The summed E-state index contributed by atoms with van der Waals surface area (Å²) in [4.78, 5) is 47.8. The van der Waals surface area contributed by atoms with Gasteiger partial charge in [-0.05, 0) is 172 Å². The second-order valence-corrected chi connectivity index (χ2v) is 53.0. The predicted octanol–water partition coefficient (Wildman–Crippen LogP) is 40.9. The monoisotopic (exact) mass is 2530 g/mol. The summed E-state index contributed by atoms with van der Waals surface area (Å²) in [5.74, 6) is 25.2. The number of aryl methyl sites for hydroxylation is 7. The molecule has 0 aromatic carbocycles. The number of hydrogen-bond donors (Lipinski definition) is 6. The number of imidazole rings is 6. The maximum absolute atomic E-state index is 4.98. The molecule has 0 aliphatic heterocycles. The van der Waals surface area contributed by atoms with Crippen molar-refractivity contribution in [3.63, 3.8) is 0 Å². The molecule has 0 bridgehead atoms. The molecule has 6 saturated carbocycles. The fraction of sp³-hybridized carbons (Fsp3) is 0.771. The van der Waals surface area contributed by atoms with Gasteiger partial charge < -0.3 is 119 Å². The van der Waals surface area contributed by atoms with Gasteiger partial charge in [0.2, 0.25) is 0 Å². The van der Waals surface area contributed by atoms with Crippen LogP contribution in [-0.4, -0.2) is 59.8 Å². The van der Waals surface area contributed by atoms with Gasteiger partial charge in [-0.2, -0.15) is 0 Å². The third-order valence-electron chi connectivity index (χ3n) is 33.7. The van der Waals surface area contributed by atoms with E-state index < -0.39 is 0 Å². The van der Waals surface area contributed by atoms with Crippen molar-refractivity contribution in [3.05, 3.63) is 193 Å². The van der Waals surface area contributed by atoms with Crippen molar-refractivity contribution in [1.29, 1.82) is 0 Å². The molecule has 12 rings (SSSR count). The molecule has 6 heterocycles. The molecule has 6 aromatic rings. The zero-order chi connectivity index (χ0) is 102. The Kier molecular flexibility index (Phi) is 102. The van der Waals surface area contributed by atoms with E-state index in [-0.39, 0.29) is 255 Å². The van der Waals surface area contributed by atoms with Crippen LogP contribution in [0.2, 0.25) is 0 Å². The van der Waals surface area contributed by atoms with Gasteiger partial charge in [0.05, 0.1) is 28.5 Å². The average Bonchev–Trinajstić information content (AvgIpc) is 1.62. The fourth-order valence-corrected chi connectivity index (χ4v) is 19.6. The molecule has 0 spiro atoms. The number of H-pyrrole nitrogens is 6. The molecule has 6 fully saturated rings. The maximum atomic E-state index is 4.98. The summed E-state index contributed by atoms with van der Waals surface area (Å²) in [6.45, 7) is 129. The van der Waals surface area contributed by atoms with E-state index in [1.165, 1.54) is 115 Å². The Morgan fingerprint density at radius 1 is 0.242 bits per heavy atom. The van der Waals surface area contributed by atoms with E-state index in [1.807, 2.05) is 33.9 Å². The third-order valence-corrected chi connectivity index (χ3v) is 33.7. The Morgan fingerprint density at radius 2 is 0.450 bits per heavy atom. The minimum Gasteiger partial charge on any atom is -0.358 e. The van der Waals surface area contributed by atoms with Crippen molar-refractivity contribution in [2.24, 2.45) is 118 Å². The van der Waals surface area contributed by atoms with Gasteiger partial charge in [-0.1, -0.05) is 424 Å². The van der Waals surface area contributed by atoms with Gasteiger partial charge in [-0.25, -0.2) is 29.9 Å². The fourth-order valence-electron chi connectivity index (χ4n) is 19.6. The van der Waals surface area contributed by atoms with Gasteiger partial charge in [0.1, 0.15) is 34.9 Å². The SMILES string of the molecule is C1CCCC1.C1CCCC1.CC(C)(C)c1nc(C(C)(C)C)c(C(C)(C)C)[nH]1.CC(C)(C)c1nc(C(C)(C)C)c(C(C)(C)C)[nH]1.CC1C(C)C(C)C(C)C1C.CC1C(C)C(C)C(C)C1C.CC1C(C)C(C)C(C)C1C.CC1C(C)C(C)C(C)C1C.CCC(C)(C)c1nc(C(C)(C)C)[nH]c1C(C)(C)CC.CCc1nc(C(C)(C)C)[nH]c1C.CCc1ncc(C)[nH]1.Cc1nc(C)c(C)[nH]1.[CH3-].[CH3-].[CH3-].[CH3-].[CH3-].[CH3-].[CH3-].[CH3-].[CH3-].[CH3-].[CH3-].[CH3-].[Co+2].[Fe+2].[Ru+2].[Ru+2].[Ru+2].[Ru+2].